The molecule has 2 rings (SSSR count). The van der Waals surface area contributed by atoms with Gasteiger partial charge in [-0.1, -0.05) is 30.3 Å². The second-order valence-corrected chi connectivity index (χ2v) is 4.30. The highest BCUT2D eigenvalue weighted by atomic mass is 32.1. The van der Waals surface area contributed by atoms with E-state index in [0.29, 0.717) is 5.13 Å². The third kappa shape index (κ3) is 2.33. The van der Waals surface area contributed by atoms with E-state index >= 15 is 0 Å². The summed E-state index contributed by atoms with van der Waals surface area (Å²) in [5.74, 6) is 0. The highest BCUT2D eigenvalue weighted by Gasteiger charge is 1.98. The van der Waals surface area contributed by atoms with Gasteiger partial charge in [0.15, 0.2) is 5.13 Å². The van der Waals surface area contributed by atoms with Crippen molar-refractivity contribution in [1.29, 1.82) is 0 Å². The molecule has 2 nitrogen and oxygen atoms in total. The van der Waals surface area contributed by atoms with Gasteiger partial charge in [0.05, 0.1) is 0 Å². The summed E-state index contributed by atoms with van der Waals surface area (Å²) in [5.41, 5.74) is 6.92. The Hall–Kier alpha value is -1.35. The number of aromatic nitrogens is 1. The van der Waals surface area contributed by atoms with Gasteiger partial charge in [-0.3, -0.25) is 0 Å². The fourth-order valence-corrected chi connectivity index (χ4v) is 2.03. The van der Waals surface area contributed by atoms with Crippen LogP contribution in [0.5, 0.6) is 0 Å². The summed E-state index contributed by atoms with van der Waals surface area (Å²) >= 11 is 1.57. The molecule has 0 amide bonds. The molecule has 0 fully saturated rings. The van der Waals surface area contributed by atoms with E-state index in [1.807, 2.05) is 12.3 Å². The Kier molecular flexibility index (Phi) is 2.79. The van der Waals surface area contributed by atoms with Crippen molar-refractivity contribution in [2.45, 2.75) is 12.8 Å². The van der Waals surface area contributed by atoms with E-state index in [-0.39, 0.29) is 0 Å². The van der Waals surface area contributed by atoms with Crippen LogP contribution >= 0.6 is 11.3 Å². The lowest BCUT2D eigenvalue weighted by Gasteiger charge is -1.97. The van der Waals surface area contributed by atoms with Crippen LogP contribution in [0.2, 0.25) is 0 Å². The average molecular weight is 204 g/mol. The third-order valence-corrected chi connectivity index (χ3v) is 2.96. The SMILES string of the molecule is Nc1ncc(CCc2ccccc2)s1. The summed E-state index contributed by atoms with van der Waals surface area (Å²) in [6, 6.07) is 10.5. The topological polar surface area (TPSA) is 38.9 Å². The zero-order valence-corrected chi connectivity index (χ0v) is 8.63. The zero-order valence-electron chi connectivity index (χ0n) is 7.81. The Bertz CT molecular complexity index is 395. The molecule has 0 bridgehead atoms. The Balaban J connectivity index is 1.95. The van der Waals surface area contributed by atoms with Crippen molar-refractivity contribution < 1.29 is 0 Å². The van der Waals surface area contributed by atoms with Gasteiger partial charge in [0.1, 0.15) is 0 Å². The van der Waals surface area contributed by atoms with Crippen LogP contribution in [0.4, 0.5) is 5.13 Å². The molecule has 1 aromatic heterocycles. The number of aryl methyl sites for hydroxylation is 2. The average Bonchev–Trinajstić information content (AvgIpc) is 2.63. The molecule has 0 radical (unpaired) electrons. The van der Waals surface area contributed by atoms with Crippen LogP contribution in [-0.4, -0.2) is 4.98 Å². The highest BCUT2D eigenvalue weighted by molar-refractivity contribution is 7.15. The summed E-state index contributed by atoms with van der Waals surface area (Å²) in [6.45, 7) is 0. The lowest BCUT2D eigenvalue weighted by atomic mass is 10.1. The maximum Gasteiger partial charge on any atom is 0.180 e. The van der Waals surface area contributed by atoms with Crippen molar-refractivity contribution in [1.82, 2.24) is 4.98 Å². The third-order valence-electron chi connectivity index (χ3n) is 2.07. The minimum absolute atomic E-state index is 0.660. The number of nitrogens with two attached hydrogens (primary N) is 1. The van der Waals surface area contributed by atoms with E-state index in [1.54, 1.807) is 11.3 Å². The predicted molar refractivity (Wildman–Crippen MR) is 60.4 cm³/mol. The molecule has 1 aromatic carbocycles. The van der Waals surface area contributed by atoms with Gasteiger partial charge in [0, 0.05) is 11.1 Å². The molecule has 0 aliphatic heterocycles. The fraction of sp³-hybridized carbons (Fsp3) is 0.182. The van der Waals surface area contributed by atoms with Crippen molar-refractivity contribution in [2.24, 2.45) is 0 Å². The zero-order chi connectivity index (χ0) is 9.80. The summed E-state index contributed by atoms with van der Waals surface area (Å²) in [6.07, 6.45) is 3.95. The molecule has 2 aromatic rings. The minimum Gasteiger partial charge on any atom is -0.375 e. The number of anilines is 1. The molecular formula is C11H12N2S. The van der Waals surface area contributed by atoms with Gasteiger partial charge in [0.25, 0.3) is 0 Å². The first-order chi connectivity index (χ1) is 6.84. The van der Waals surface area contributed by atoms with Crippen LogP contribution in [0.15, 0.2) is 36.5 Å². The number of benzene rings is 1. The first-order valence-corrected chi connectivity index (χ1v) is 5.40. The molecule has 3 heteroatoms. The van der Waals surface area contributed by atoms with Gasteiger partial charge in [-0.2, -0.15) is 0 Å². The van der Waals surface area contributed by atoms with Crippen molar-refractivity contribution in [2.75, 3.05) is 5.73 Å². The molecule has 0 aliphatic carbocycles. The van der Waals surface area contributed by atoms with Crippen LogP contribution < -0.4 is 5.73 Å². The van der Waals surface area contributed by atoms with Crippen molar-refractivity contribution in [3.8, 4) is 0 Å². The Morgan fingerprint density at radius 1 is 1.14 bits per heavy atom. The Labute approximate surface area is 87.4 Å². The first-order valence-electron chi connectivity index (χ1n) is 4.59. The second kappa shape index (κ2) is 4.24. The molecule has 1 heterocycles. The number of hydrogen-bond acceptors (Lipinski definition) is 3. The van der Waals surface area contributed by atoms with Gasteiger partial charge in [0.2, 0.25) is 0 Å². The smallest absolute Gasteiger partial charge is 0.180 e. The number of hydrogen-bond donors (Lipinski definition) is 1. The minimum atomic E-state index is 0.660. The van der Waals surface area contributed by atoms with Crippen molar-refractivity contribution >= 4 is 16.5 Å². The summed E-state index contributed by atoms with van der Waals surface area (Å²) in [7, 11) is 0. The molecule has 0 aliphatic rings. The fourth-order valence-electron chi connectivity index (χ4n) is 1.35. The van der Waals surface area contributed by atoms with Crippen LogP contribution in [0.25, 0.3) is 0 Å². The van der Waals surface area contributed by atoms with Gasteiger partial charge < -0.3 is 5.73 Å². The van der Waals surface area contributed by atoms with Crippen molar-refractivity contribution in [3.63, 3.8) is 0 Å². The van der Waals surface area contributed by atoms with E-state index in [2.05, 4.69) is 29.2 Å². The maximum atomic E-state index is 5.55. The van der Waals surface area contributed by atoms with E-state index < -0.39 is 0 Å². The Morgan fingerprint density at radius 3 is 2.57 bits per heavy atom. The van der Waals surface area contributed by atoms with Crippen LogP contribution in [-0.2, 0) is 12.8 Å². The standard InChI is InChI=1S/C11H12N2S/c12-11-13-8-10(14-11)7-6-9-4-2-1-3-5-9/h1-5,8H,6-7H2,(H2,12,13). The molecule has 0 spiro atoms. The molecular weight excluding hydrogens is 192 g/mol. The monoisotopic (exact) mass is 204 g/mol. The van der Waals surface area contributed by atoms with Gasteiger partial charge in [-0.25, -0.2) is 4.98 Å². The summed E-state index contributed by atoms with van der Waals surface area (Å²) in [5, 5.41) is 0.660. The molecule has 14 heavy (non-hydrogen) atoms. The normalized spacial score (nSPS) is 10.3. The molecule has 72 valence electrons. The van der Waals surface area contributed by atoms with E-state index in [1.165, 1.54) is 10.4 Å². The number of rotatable bonds is 3. The molecule has 0 unspecified atom stereocenters. The molecule has 0 saturated heterocycles. The summed E-state index contributed by atoms with van der Waals surface area (Å²) < 4.78 is 0. The second-order valence-electron chi connectivity index (χ2n) is 3.15. The maximum absolute atomic E-state index is 5.55. The molecule has 2 N–H and O–H groups in total. The van der Waals surface area contributed by atoms with Crippen LogP contribution in [0.3, 0.4) is 0 Å². The largest absolute Gasteiger partial charge is 0.375 e. The van der Waals surface area contributed by atoms with Gasteiger partial charge in [-0.15, -0.1) is 11.3 Å². The first kappa shape index (κ1) is 9.21. The quantitative estimate of drug-likeness (QED) is 0.834. The number of thiazole rings is 1. The summed E-state index contributed by atoms with van der Waals surface area (Å²) in [4.78, 5) is 5.28. The van der Waals surface area contributed by atoms with E-state index in [9.17, 15) is 0 Å². The lowest BCUT2D eigenvalue weighted by Crippen LogP contribution is -1.87. The van der Waals surface area contributed by atoms with Gasteiger partial charge in [-0.05, 0) is 18.4 Å². The highest BCUT2D eigenvalue weighted by Crippen LogP contribution is 2.16. The molecule has 0 atom stereocenters. The molecule has 0 saturated carbocycles. The van der Waals surface area contributed by atoms with Crippen LogP contribution in [0.1, 0.15) is 10.4 Å². The van der Waals surface area contributed by atoms with Crippen LogP contribution in [0, 0.1) is 0 Å². The predicted octanol–water partition coefficient (Wildman–Crippen LogP) is 2.51. The lowest BCUT2D eigenvalue weighted by molar-refractivity contribution is 0.976. The number of nitrogen functional groups attached to an aromatic ring is 1. The van der Waals surface area contributed by atoms with E-state index in [4.69, 9.17) is 5.73 Å². The van der Waals surface area contributed by atoms with Gasteiger partial charge >= 0.3 is 0 Å². The Morgan fingerprint density at radius 2 is 1.93 bits per heavy atom. The van der Waals surface area contributed by atoms with E-state index in [0.717, 1.165) is 12.8 Å². The number of nitrogens with zero attached hydrogens (tertiary/aromatic N) is 1. The van der Waals surface area contributed by atoms with Crippen molar-refractivity contribution in [3.05, 3.63) is 47.0 Å².